The van der Waals surface area contributed by atoms with Gasteiger partial charge in [0.15, 0.2) is 0 Å². The molecule has 0 aromatic heterocycles. The van der Waals surface area contributed by atoms with E-state index in [2.05, 4.69) is 0 Å². The third-order valence-electron chi connectivity index (χ3n) is 5.31. The van der Waals surface area contributed by atoms with E-state index >= 15 is 0 Å². The smallest absolute Gasteiger partial charge is 0.282 e. The van der Waals surface area contributed by atoms with E-state index in [4.69, 9.17) is 11.6 Å². The van der Waals surface area contributed by atoms with Crippen molar-refractivity contribution in [2.45, 2.75) is 11.8 Å². The molecule has 0 spiro atoms. The zero-order valence-electron chi connectivity index (χ0n) is 16.8. The summed E-state index contributed by atoms with van der Waals surface area (Å²) in [7, 11) is -7.22. The van der Waals surface area contributed by atoms with Crippen LogP contribution in [0.15, 0.2) is 108 Å². The summed E-state index contributed by atoms with van der Waals surface area (Å²) in [5.41, 5.74) is 0.588. The minimum Gasteiger partial charge on any atom is -0.282 e. The molecule has 0 saturated heterocycles. The van der Waals surface area contributed by atoms with Crippen LogP contribution in [0.1, 0.15) is 5.56 Å². The van der Waals surface area contributed by atoms with Gasteiger partial charge in [0, 0.05) is 11.1 Å². The lowest BCUT2D eigenvalue weighted by Gasteiger charge is -2.29. The van der Waals surface area contributed by atoms with E-state index in [0.29, 0.717) is 15.9 Å². The number of hydrogen-bond donors (Lipinski definition) is 1. The molecule has 0 aliphatic heterocycles. The first-order chi connectivity index (χ1) is 14.8. The number of rotatable bonds is 5. The first-order valence-electron chi connectivity index (χ1n) is 9.69. The van der Waals surface area contributed by atoms with Gasteiger partial charge in [-0.05, 0) is 55.0 Å². The van der Waals surface area contributed by atoms with Gasteiger partial charge in [0.1, 0.15) is 33.4 Å². The summed E-state index contributed by atoms with van der Waals surface area (Å²) in [5, 5.41) is 3.87. The molecule has 0 radical (unpaired) electrons. The van der Waals surface area contributed by atoms with Gasteiger partial charge in [-0.25, -0.2) is 0 Å². The van der Waals surface area contributed by atoms with Crippen molar-refractivity contribution in [3.05, 3.63) is 114 Å². The van der Waals surface area contributed by atoms with Crippen molar-refractivity contribution in [3.63, 3.8) is 0 Å². The molecule has 0 fully saturated rings. The van der Waals surface area contributed by atoms with Gasteiger partial charge in [0.05, 0.1) is 0 Å². The Labute approximate surface area is 188 Å². The topological polar surface area (TPSA) is 54.4 Å². The van der Waals surface area contributed by atoms with Crippen molar-refractivity contribution < 1.29 is 13.0 Å². The van der Waals surface area contributed by atoms with Crippen molar-refractivity contribution >= 4 is 50.2 Å². The summed E-state index contributed by atoms with van der Waals surface area (Å²) in [6.45, 7) is 1.73. The molecule has 31 heavy (non-hydrogen) atoms. The van der Waals surface area contributed by atoms with E-state index < -0.39 is 17.4 Å². The Morgan fingerprint density at radius 2 is 1.10 bits per heavy atom. The van der Waals surface area contributed by atoms with Gasteiger partial charge >= 0.3 is 0 Å². The predicted molar refractivity (Wildman–Crippen MR) is 131 cm³/mol. The largest absolute Gasteiger partial charge is 0.298 e. The van der Waals surface area contributed by atoms with Crippen molar-refractivity contribution in [1.82, 2.24) is 0 Å². The second kappa shape index (κ2) is 8.57. The maximum Gasteiger partial charge on any atom is 0.298 e. The Hall–Kier alpha value is -2.49. The molecule has 0 aliphatic rings. The molecule has 1 N–H and O–H groups in total. The Kier molecular flexibility index (Phi) is 6.00. The molecule has 0 amide bonds. The molecule has 3 nitrogen and oxygen atoms in total. The van der Waals surface area contributed by atoms with E-state index in [1.165, 1.54) is 6.07 Å². The number of halogens is 1. The van der Waals surface area contributed by atoms with E-state index in [9.17, 15) is 13.0 Å². The standard InChI is InChI=1S/C25H20ClO3PS/c1-19-17-25(31(27,28)29)24(18-23(19)26)30(20-11-5-2-6-12-20,21-13-7-3-8-14-21)22-15-9-4-10-16-22/h2-18H,1H3/p+1. The van der Waals surface area contributed by atoms with E-state index in [1.54, 1.807) is 13.0 Å². The summed E-state index contributed by atoms with van der Waals surface area (Å²) in [6.07, 6.45) is 0. The zero-order chi connectivity index (χ0) is 22.1. The molecule has 0 saturated carbocycles. The van der Waals surface area contributed by atoms with Crippen LogP contribution in [0, 0.1) is 6.92 Å². The van der Waals surface area contributed by atoms with Crippen LogP contribution in [0.25, 0.3) is 0 Å². The van der Waals surface area contributed by atoms with Gasteiger partial charge in [-0.3, -0.25) is 4.55 Å². The monoisotopic (exact) mass is 467 g/mol. The van der Waals surface area contributed by atoms with Gasteiger partial charge in [-0.1, -0.05) is 66.2 Å². The predicted octanol–water partition coefficient (Wildman–Crippen LogP) is 4.51. The minimum absolute atomic E-state index is 0.112. The van der Waals surface area contributed by atoms with E-state index in [-0.39, 0.29) is 4.90 Å². The minimum atomic E-state index is -4.51. The lowest BCUT2D eigenvalue weighted by atomic mass is 10.2. The molecule has 4 aromatic carbocycles. The van der Waals surface area contributed by atoms with E-state index in [1.807, 2.05) is 91.0 Å². The maximum absolute atomic E-state index is 12.6. The summed E-state index contributed by atoms with van der Waals surface area (Å²) in [4.78, 5) is -0.112. The number of aryl methyl sites for hydroxylation is 1. The fourth-order valence-electron chi connectivity index (χ4n) is 3.93. The summed E-state index contributed by atoms with van der Waals surface area (Å²) in [6, 6.07) is 32.7. The molecule has 6 heteroatoms. The molecule has 0 atom stereocenters. The van der Waals surface area contributed by atoms with Gasteiger partial charge in [0.2, 0.25) is 0 Å². The third kappa shape index (κ3) is 3.93. The summed E-state index contributed by atoms with van der Waals surface area (Å²) in [5.74, 6) is 0. The average molecular weight is 468 g/mol. The first kappa shape index (κ1) is 21.7. The number of hydrogen-bond acceptors (Lipinski definition) is 2. The van der Waals surface area contributed by atoms with Crippen LogP contribution in [-0.4, -0.2) is 13.0 Å². The molecular formula is C25H21ClO3PS+. The molecule has 4 rings (SSSR count). The highest BCUT2D eigenvalue weighted by Crippen LogP contribution is 2.55. The molecule has 0 heterocycles. The highest BCUT2D eigenvalue weighted by atomic mass is 35.5. The molecule has 0 unspecified atom stereocenters. The van der Waals surface area contributed by atoms with Crippen LogP contribution in [0.3, 0.4) is 0 Å². The zero-order valence-corrected chi connectivity index (χ0v) is 19.3. The molecular weight excluding hydrogens is 447 g/mol. The molecule has 4 aromatic rings. The summed E-state index contributed by atoms with van der Waals surface area (Å²) >= 11 is 6.55. The Morgan fingerprint density at radius 1 is 0.710 bits per heavy atom. The maximum atomic E-state index is 12.6. The highest BCUT2D eigenvalue weighted by molar-refractivity contribution is 8.02. The van der Waals surface area contributed by atoms with Gasteiger partial charge < -0.3 is 0 Å². The molecule has 156 valence electrons. The van der Waals surface area contributed by atoms with Crippen molar-refractivity contribution in [3.8, 4) is 0 Å². The normalized spacial score (nSPS) is 12.0. The van der Waals surface area contributed by atoms with Crippen LogP contribution in [-0.2, 0) is 10.1 Å². The first-order valence-corrected chi connectivity index (χ1v) is 13.3. The van der Waals surface area contributed by atoms with Crippen LogP contribution < -0.4 is 21.2 Å². The Balaban J connectivity index is 2.27. The van der Waals surface area contributed by atoms with Crippen molar-refractivity contribution in [1.29, 1.82) is 0 Å². The van der Waals surface area contributed by atoms with Crippen LogP contribution >= 0.6 is 18.9 Å². The summed E-state index contributed by atoms with van der Waals surface area (Å²) < 4.78 is 35.4. The van der Waals surface area contributed by atoms with Gasteiger partial charge in [-0.2, -0.15) is 8.42 Å². The lowest BCUT2D eigenvalue weighted by Crippen LogP contribution is -2.40. The second-order valence-electron chi connectivity index (χ2n) is 7.22. The Morgan fingerprint density at radius 3 is 1.45 bits per heavy atom. The van der Waals surface area contributed by atoms with Gasteiger partial charge in [0.25, 0.3) is 10.1 Å². The van der Waals surface area contributed by atoms with Gasteiger partial charge in [-0.15, -0.1) is 0 Å². The van der Waals surface area contributed by atoms with Crippen LogP contribution in [0.2, 0.25) is 5.02 Å². The SMILES string of the molecule is Cc1cc(S(=O)(=O)O)c([P+](c2ccccc2)(c2ccccc2)c2ccccc2)cc1Cl. The second-order valence-corrected chi connectivity index (χ2v) is 12.4. The molecule has 0 aliphatic carbocycles. The lowest BCUT2D eigenvalue weighted by molar-refractivity contribution is 0.484. The van der Waals surface area contributed by atoms with Crippen LogP contribution in [0.5, 0.6) is 0 Å². The quantitative estimate of drug-likeness (QED) is 0.347. The highest BCUT2D eigenvalue weighted by Gasteiger charge is 2.51. The van der Waals surface area contributed by atoms with Crippen LogP contribution in [0.4, 0.5) is 0 Å². The molecule has 0 bridgehead atoms. The Bertz CT molecular complexity index is 1210. The fourth-order valence-corrected chi connectivity index (χ4v) is 9.88. The van der Waals surface area contributed by atoms with E-state index in [0.717, 1.165) is 15.9 Å². The van der Waals surface area contributed by atoms with Crippen molar-refractivity contribution in [2.24, 2.45) is 0 Å². The van der Waals surface area contributed by atoms with Crippen molar-refractivity contribution in [2.75, 3.05) is 0 Å². The number of benzene rings is 4. The average Bonchev–Trinajstić information content (AvgIpc) is 2.78. The third-order valence-corrected chi connectivity index (χ3v) is 11.1. The fraction of sp³-hybridized carbons (Fsp3) is 0.0400.